The molecule has 0 aliphatic carbocycles. The van der Waals surface area contributed by atoms with Gasteiger partial charge >= 0.3 is 5.97 Å². The molecule has 1 atom stereocenters. The van der Waals surface area contributed by atoms with Crippen molar-refractivity contribution in [3.05, 3.63) is 23.4 Å². The van der Waals surface area contributed by atoms with E-state index >= 15 is 0 Å². The van der Waals surface area contributed by atoms with Crippen LogP contribution >= 0.6 is 0 Å². The Morgan fingerprint density at radius 2 is 2.11 bits per heavy atom. The Kier molecular flexibility index (Phi) is 5.76. The third-order valence-electron chi connectivity index (χ3n) is 2.65. The fraction of sp³-hybridized carbons (Fsp3) is 0.571. The number of aromatic nitrogens is 1. The van der Waals surface area contributed by atoms with Crippen molar-refractivity contribution >= 4 is 11.8 Å². The lowest BCUT2D eigenvalue weighted by molar-refractivity contribution is 0.0696. The van der Waals surface area contributed by atoms with Crippen molar-refractivity contribution in [1.29, 1.82) is 0 Å². The van der Waals surface area contributed by atoms with E-state index in [4.69, 9.17) is 9.84 Å². The second kappa shape index (κ2) is 7.09. The first-order valence-electron chi connectivity index (χ1n) is 6.53. The van der Waals surface area contributed by atoms with Gasteiger partial charge in [-0.15, -0.1) is 0 Å². The SMILES string of the molecule is CCOCC(C)Nc1cc(C(=O)O)cc(C(C)C)n1. The monoisotopic (exact) mass is 266 g/mol. The maximum atomic E-state index is 11.1. The van der Waals surface area contributed by atoms with Crippen molar-refractivity contribution < 1.29 is 14.6 Å². The molecule has 2 N–H and O–H groups in total. The minimum absolute atomic E-state index is 0.0801. The number of carboxylic acid groups (broad SMARTS) is 1. The van der Waals surface area contributed by atoms with Crippen LogP contribution in [-0.4, -0.2) is 35.3 Å². The normalized spacial score (nSPS) is 12.5. The van der Waals surface area contributed by atoms with E-state index in [0.29, 0.717) is 19.0 Å². The first-order chi connectivity index (χ1) is 8.93. The molecule has 0 spiro atoms. The van der Waals surface area contributed by atoms with Crippen LogP contribution in [0.4, 0.5) is 5.82 Å². The van der Waals surface area contributed by atoms with Crippen LogP contribution in [0.2, 0.25) is 0 Å². The summed E-state index contributed by atoms with van der Waals surface area (Å²) >= 11 is 0. The smallest absolute Gasteiger partial charge is 0.335 e. The molecule has 106 valence electrons. The van der Waals surface area contributed by atoms with Gasteiger partial charge in [-0.05, 0) is 31.9 Å². The zero-order valence-corrected chi connectivity index (χ0v) is 11.9. The van der Waals surface area contributed by atoms with Crippen LogP contribution in [0.15, 0.2) is 12.1 Å². The van der Waals surface area contributed by atoms with E-state index in [0.717, 1.165) is 5.69 Å². The van der Waals surface area contributed by atoms with E-state index < -0.39 is 5.97 Å². The Labute approximate surface area is 114 Å². The molecule has 0 saturated carbocycles. The number of pyridine rings is 1. The fourth-order valence-corrected chi connectivity index (χ4v) is 1.63. The summed E-state index contributed by atoms with van der Waals surface area (Å²) in [6, 6.07) is 3.25. The van der Waals surface area contributed by atoms with Crippen molar-refractivity contribution in [3.8, 4) is 0 Å². The van der Waals surface area contributed by atoms with E-state index in [1.54, 1.807) is 12.1 Å². The van der Waals surface area contributed by atoms with E-state index in [1.807, 2.05) is 27.7 Å². The van der Waals surface area contributed by atoms with Crippen LogP contribution in [0, 0.1) is 0 Å². The lowest BCUT2D eigenvalue weighted by atomic mass is 10.1. The number of hydrogen-bond donors (Lipinski definition) is 2. The summed E-state index contributed by atoms with van der Waals surface area (Å²) < 4.78 is 5.32. The lowest BCUT2D eigenvalue weighted by Gasteiger charge is -2.16. The van der Waals surface area contributed by atoms with Gasteiger partial charge in [0.15, 0.2) is 0 Å². The first kappa shape index (κ1) is 15.4. The molecule has 0 bridgehead atoms. The molecule has 1 rings (SSSR count). The lowest BCUT2D eigenvalue weighted by Crippen LogP contribution is -2.23. The van der Waals surface area contributed by atoms with Gasteiger partial charge in [0.1, 0.15) is 5.82 Å². The van der Waals surface area contributed by atoms with Crippen LogP contribution in [0.3, 0.4) is 0 Å². The molecule has 19 heavy (non-hydrogen) atoms. The summed E-state index contributed by atoms with van der Waals surface area (Å²) in [6.07, 6.45) is 0. The van der Waals surface area contributed by atoms with Gasteiger partial charge in [0.25, 0.3) is 0 Å². The molecular formula is C14H22N2O3. The van der Waals surface area contributed by atoms with Gasteiger partial charge in [-0.3, -0.25) is 0 Å². The maximum absolute atomic E-state index is 11.1. The molecule has 0 aliphatic rings. The van der Waals surface area contributed by atoms with Gasteiger partial charge in [0, 0.05) is 18.3 Å². The Hall–Kier alpha value is -1.62. The minimum Gasteiger partial charge on any atom is -0.478 e. The van der Waals surface area contributed by atoms with Crippen molar-refractivity contribution in [1.82, 2.24) is 4.98 Å². The minimum atomic E-state index is -0.940. The number of nitrogens with zero attached hydrogens (tertiary/aromatic N) is 1. The maximum Gasteiger partial charge on any atom is 0.335 e. The van der Waals surface area contributed by atoms with Crippen LogP contribution in [0.25, 0.3) is 0 Å². The number of carboxylic acids is 1. The van der Waals surface area contributed by atoms with Gasteiger partial charge in [-0.2, -0.15) is 0 Å². The molecule has 0 aliphatic heterocycles. The Balaban J connectivity index is 2.90. The Morgan fingerprint density at radius 1 is 1.42 bits per heavy atom. The summed E-state index contributed by atoms with van der Waals surface area (Å²) in [5.74, 6) is -0.178. The van der Waals surface area contributed by atoms with Crippen LogP contribution in [0.5, 0.6) is 0 Å². The standard InChI is InChI=1S/C14H22N2O3/c1-5-19-8-10(4)15-13-7-11(14(17)18)6-12(16-13)9(2)3/h6-7,9-10H,5,8H2,1-4H3,(H,15,16)(H,17,18). The van der Waals surface area contributed by atoms with Crippen molar-refractivity contribution in [2.45, 2.75) is 39.7 Å². The summed E-state index contributed by atoms with van der Waals surface area (Å²) in [4.78, 5) is 15.5. The van der Waals surface area contributed by atoms with Crippen molar-refractivity contribution in [2.24, 2.45) is 0 Å². The number of hydrogen-bond acceptors (Lipinski definition) is 4. The van der Waals surface area contributed by atoms with E-state index in [-0.39, 0.29) is 17.5 Å². The number of aromatic carboxylic acids is 1. The number of anilines is 1. The summed E-state index contributed by atoms with van der Waals surface area (Å²) in [5, 5.41) is 12.3. The zero-order chi connectivity index (χ0) is 14.4. The first-order valence-corrected chi connectivity index (χ1v) is 6.53. The van der Waals surface area contributed by atoms with E-state index in [2.05, 4.69) is 10.3 Å². The quantitative estimate of drug-likeness (QED) is 0.794. The largest absolute Gasteiger partial charge is 0.478 e. The van der Waals surface area contributed by atoms with Gasteiger partial charge in [-0.1, -0.05) is 13.8 Å². The highest BCUT2D eigenvalue weighted by atomic mass is 16.5. The van der Waals surface area contributed by atoms with E-state index in [1.165, 1.54) is 0 Å². The Bertz CT molecular complexity index is 433. The fourth-order valence-electron chi connectivity index (χ4n) is 1.63. The number of rotatable bonds is 7. The van der Waals surface area contributed by atoms with Gasteiger partial charge < -0.3 is 15.2 Å². The topological polar surface area (TPSA) is 71.5 Å². The summed E-state index contributed by atoms with van der Waals surface area (Å²) in [5.41, 5.74) is 1.02. The highest BCUT2D eigenvalue weighted by Crippen LogP contribution is 2.18. The molecule has 1 heterocycles. The van der Waals surface area contributed by atoms with Gasteiger partial charge in [0.05, 0.1) is 12.2 Å². The van der Waals surface area contributed by atoms with Crippen molar-refractivity contribution in [2.75, 3.05) is 18.5 Å². The zero-order valence-electron chi connectivity index (χ0n) is 11.9. The highest BCUT2D eigenvalue weighted by molar-refractivity contribution is 5.88. The molecule has 0 saturated heterocycles. The van der Waals surface area contributed by atoms with Crippen LogP contribution in [-0.2, 0) is 4.74 Å². The number of nitrogens with one attached hydrogen (secondary N) is 1. The van der Waals surface area contributed by atoms with Crippen LogP contribution in [0.1, 0.15) is 49.7 Å². The molecule has 1 aromatic rings. The third-order valence-corrected chi connectivity index (χ3v) is 2.65. The van der Waals surface area contributed by atoms with Crippen molar-refractivity contribution in [3.63, 3.8) is 0 Å². The number of ether oxygens (including phenoxy) is 1. The third kappa shape index (κ3) is 4.87. The Morgan fingerprint density at radius 3 is 2.63 bits per heavy atom. The predicted octanol–water partition coefficient (Wildman–Crippen LogP) is 2.74. The molecule has 0 aromatic carbocycles. The molecule has 0 amide bonds. The van der Waals surface area contributed by atoms with Crippen LogP contribution < -0.4 is 5.32 Å². The molecule has 0 fully saturated rings. The number of carbonyl (C=O) groups is 1. The van der Waals surface area contributed by atoms with Gasteiger partial charge in [0.2, 0.25) is 0 Å². The van der Waals surface area contributed by atoms with Gasteiger partial charge in [-0.25, -0.2) is 9.78 Å². The second-order valence-electron chi connectivity index (χ2n) is 4.83. The highest BCUT2D eigenvalue weighted by Gasteiger charge is 2.12. The average Bonchev–Trinajstić information content (AvgIpc) is 2.35. The summed E-state index contributed by atoms with van der Waals surface area (Å²) in [7, 11) is 0. The average molecular weight is 266 g/mol. The molecular weight excluding hydrogens is 244 g/mol. The molecule has 0 radical (unpaired) electrons. The molecule has 5 heteroatoms. The predicted molar refractivity (Wildman–Crippen MR) is 74.9 cm³/mol. The van der Waals surface area contributed by atoms with E-state index in [9.17, 15) is 4.79 Å². The molecule has 1 aromatic heterocycles. The molecule has 5 nitrogen and oxygen atoms in total. The molecule has 1 unspecified atom stereocenters. The second-order valence-corrected chi connectivity index (χ2v) is 4.83. The summed E-state index contributed by atoms with van der Waals surface area (Å²) in [6.45, 7) is 9.10.